The van der Waals surface area contributed by atoms with E-state index in [0.29, 0.717) is 13.1 Å². The summed E-state index contributed by atoms with van der Waals surface area (Å²) in [6.45, 7) is 0.771. The molecule has 2 aromatic rings. The van der Waals surface area contributed by atoms with Gasteiger partial charge < -0.3 is 4.42 Å². The first kappa shape index (κ1) is 13.6. The number of hydrogen-bond donors (Lipinski definition) is 1. The van der Waals surface area contributed by atoms with Crippen LogP contribution in [0.15, 0.2) is 53.1 Å². The number of imide groups is 1. The maximum Gasteiger partial charge on any atom is 0.247 e. The number of carbonyl (C=O) groups excluding carboxylic acids is 2. The lowest BCUT2D eigenvalue weighted by Crippen LogP contribution is -2.38. The van der Waals surface area contributed by atoms with Crippen LogP contribution in [-0.2, 0) is 22.7 Å². The molecule has 0 radical (unpaired) electrons. The van der Waals surface area contributed by atoms with Crippen LogP contribution in [0.25, 0.3) is 0 Å². The molecule has 1 aliphatic rings. The molecule has 3 rings (SSSR count). The second-order valence-electron chi connectivity index (χ2n) is 5.02. The van der Waals surface area contributed by atoms with E-state index in [9.17, 15) is 9.59 Å². The second-order valence-corrected chi connectivity index (χ2v) is 5.02. The molecule has 1 unspecified atom stereocenters. The predicted octanol–water partition coefficient (Wildman–Crippen LogP) is 1.70. The maximum absolute atomic E-state index is 12.3. The average molecular weight is 284 g/mol. The van der Waals surface area contributed by atoms with Crippen LogP contribution in [0.4, 0.5) is 0 Å². The molecule has 1 aromatic heterocycles. The van der Waals surface area contributed by atoms with Crippen LogP contribution in [0.3, 0.4) is 0 Å². The van der Waals surface area contributed by atoms with Gasteiger partial charge in [0.2, 0.25) is 11.8 Å². The Morgan fingerprint density at radius 1 is 1.14 bits per heavy atom. The van der Waals surface area contributed by atoms with Gasteiger partial charge in [-0.3, -0.25) is 19.8 Å². The van der Waals surface area contributed by atoms with Crippen LogP contribution < -0.4 is 5.32 Å². The molecule has 5 heteroatoms. The van der Waals surface area contributed by atoms with Crippen LogP contribution in [0.1, 0.15) is 17.7 Å². The van der Waals surface area contributed by atoms with Gasteiger partial charge in [0.1, 0.15) is 5.76 Å². The summed E-state index contributed by atoms with van der Waals surface area (Å²) < 4.78 is 5.21. The van der Waals surface area contributed by atoms with Crippen LogP contribution >= 0.6 is 0 Å². The van der Waals surface area contributed by atoms with E-state index in [1.54, 1.807) is 12.3 Å². The zero-order valence-corrected chi connectivity index (χ0v) is 11.5. The molecule has 0 aliphatic carbocycles. The number of amides is 2. The van der Waals surface area contributed by atoms with Gasteiger partial charge in [0, 0.05) is 0 Å². The van der Waals surface area contributed by atoms with Crippen molar-refractivity contribution in [1.29, 1.82) is 0 Å². The third kappa shape index (κ3) is 3.03. The van der Waals surface area contributed by atoms with Gasteiger partial charge in [0.05, 0.1) is 31.8 Å². The monoisotopic (exact) mass is 284 g/mol. The van der Waals surface area contributed by atoms with E-state index in [4.69, 9.17) is 4.42 Å². The fourth-order valence-electron chi connectivity index (χ4n) is 2.41. The van der Waals surface area contributed by atoms with Crippen molar-refractivity contribution in [3.8, 4) is 0 Å². The van der Waals surface area contributed by atoms with E-state index in [1.807, 2.05) is 36.4 Å². The van der Waals surface area contributed by atoms with Crippen molar-refractivity contribution in [3.05, 3.63) is 60.1 Å². The number of rotatable bonds is 5. The molecule has 108 valence electrons. The highest BCUT2D eigenvalue weighted by atomic mass is 16.3. The first-order valence-corrected chi connectivity index (χ1v) is 6.88. The molecule has 1 aliphatic heterocycles. The van der Waals surface area contributed by atoms with Gasteiger partial charge in [0.25, 0.3) is 0 Å². The minimum absolute atomic E-state index is 0.138. The van der Waals surface area contributed by atoms with Crippen molar-refractivity contribution in [2.24, 2.45) is 0 Å². The number of nitrogens with zero attached hydrogens (tertiary/aromatic N) is 1. The Morgan fingerprint density at radius 2 is 1.95 bits per heavy atom. The van der Waals surface area contributed by atoms with Crippen LogP contribution in [0, 0.1) is 0 Å². The van der Waals surface area contributed by atoms with Gasteiger partial charge in [-0.15, -0.1) is 0 Å². The Bertz CT molecular complexity index is 622. The van der Waals surface area contributed by atoms with Crippen LogP contribution in [-0.4, -0.2) is 22.8 Å². The molecule has 1 atom stereocenters. The van der Waals surface area contributed by atoms with Crippen LogP contribution in [0.5, 0.6) is 0 Å². The number of furan rings is 1. The molecule has 1 aromatic carbocycles. The Hall–Kier alpha value is -2.40. The number of carbonyl (C=O) groups is 2. The fraction of sp³-hybridized carbons (Fsp3) is 0.250. The first-order valence-electron chi connectivity index (χ1n) is 6.88. The van der Waals surface area contributed by atoms with E-state index < -0.39 is 6.04 Å². The standard InChI is InChI=1S/C16H16N2O3/c19-15-9-14(17-10-13-7-4-8-21-13)16(20)18(15)11-12-5-2-1-3-6-12/h1-8,14,17H,9-11H2. The van der Waals surface area contributed by atoms with Gasteiger partial charge in [-0.05, 0) is 17.7 Å². The normalized spacial score (nSPS) is 18.5. The molecular weight excluding hydrogens is 268 g/mol. The van der Waals surface area contributed by atoms with Crippen molar-refractivity contribution in [1.82, 2.24) is 10.2 Å². The fourth-order valence-corrected chi connectivity index (χ4v) is 2.41. The Morgan fingerprint density at radius 3 is 2.67 bits per heavy atom. The van der Waals surface area contributed by atoms with Gasteiger partial charge in [-0.1, -0.05) is 30.3 Å². The topological polar surface area (TPSA) is 62.6 Å². The van der Waals surface area contributed by atoms with Crippen molar-refractivity contribution in [2.75, 3.05) is 0 Å². The summed E-state index contributed by atoms with van der Waals surface area (Å²) in [5.41, 5.74) is 0.950. The highest BCUT2D eigenvalue weighted by molar-refractivity contribution is 6.05. The van der Waals surface area contributed by atoms with E-state index in [-0.39, 0.29) is 18.2 Å². The summed E-state index contributed by atoms with van der Waals surface area (Å²) in [4.78, 5) is 25.6. The molecule has 1 saturated heterocycles. The lowest BCUT2D eigenvalue weighted by Gasteiger charge is -2.15. The van der Waals surface area contributed by atoms with Gasteiger partial charge in [-0.2, -0.15) is 0 Å². The number of likely N-dealkylation sites (tertiary alicyclic amines) is 1. The van der Waals surface area contributed by atoms with E-state index in [2.05, 4.69) is 5.32 Å². The predicted molar refractivity (Wildman–Crippen MR) is 76.0 cm³/mol. The highest BCUT2D eigenvalue weighted by Crippen LogP contribution is 2.17. The Balaban J connectivity index is 1.62. The van der Waals surface area contributed by atoms with Crippen molar-refractivity contribution < 1.29 is 14.0 Å². The molecule has 1 fully saturated rings. The van der Waals surface area contributed by atoms with Gasteiger partial charge in [0.15, 0.2) is 0 Å². The third-order valence-corrected chi connectivity index (χ3v) is 3.53. The van der Waals surface area contributed by atoms with Gasteiger partial charge >= 0.3 is 0 Å². The molecular formula is C16H16N2O3. The Labute approximate surface area is 122 Å². The van der Waals surface area contributed by atoms with E-state index in [1.165, 1.54) is 4.90 Å². The maximum atomic E-state index is 12.3. The van der Waals surface area contributed by atoms with E-state index in [0.717, 1.165) is 11.3 Å². The highest BCUT2D eigenvalue weighted by Gasteiger charge is 2.38. The van der Waals surface area contributed by atoms with Crippen molar-refractivity contribution in [2.45, 2.75) is 25.6 Å². The zero-order valence-electron chi connectivity index (χ0n) is 11.5. The minimum atomic E-state index is -0.466. The van der Waals surface area contributed by atoms with E-state index >= 15 is 0 Å². The van der Waals surface area contributed by atoms with Crippen LogP contribution in [0.2, 0.25) is 0 Å². The summed E-state index contributed by atoms with van der Waals surface area (Å²) in [7, 11) is 0. The summed E-state index contributed by atoms with van der Waals surface area (Å²) in [5, 5.41) is 3.07. The number of benzene rings is 1. The molecule has 2 amide bonds. The molecule has 1 N–H and O–H groups in total. The zero-order chi connectivity index (χ0) is 14.7. The largest absolute Gasteiger partial charge is 0.468 e. The Kier molecular flexibility index (Phi) is 3.83. The smallest absolute Gasteiger partial charge is 0.247 e. The summed E-state index contributed by atoms with van der Waals surface area (Å²) in [6, 6.07) is 12.7. The average Bonchev–Trinajstić information content (AvgIpc) is 3.10. The van der Waals surface area contributed by atoms with Crippen molar-refractivity contribution in [3.63, 3.8) is 0 Å². The summed E-state index contributed by atoms with van der Waals surface area (Å²) >= 11 is 0. The molecule has 21 heavy (non-hydrogen) atoms. The first-order chi connectivity index (χ1) is 10.2. The summed E-state index contributed by atoms with van der Waals surface area (Å²) in [6.07, 6.45) is 1.78. The third-order valence-electron chi connectivity index (χ3n) is 3.53. The lowest BCUT2D eigenvalue weighted by molar-refractivity contribution is -0.139. The molecule has 0 spiro atoms. The molecule has 0 bridgehead atoms. The summed E-state index contributed by atoms with van der Waals surface area (Å²) in [5.74, 6) is 0.438. The minimum Gasteiger partial charge on any atom is -0.468 e. The van der Waals surface area contributed by atoms with Gasteiger partial charge in [-0.25, -0.2) is 0 Å². The molecule has 2 heterocycles. The molecule has 5 nitrogen and oxygen atoms in total. The second kappa shape index (κ2) is 5.93. The van der Waals surface area contributed by atoms with Crippen molar-refractivity contribution >= 4 is 11.8 Å². The SMILES string of the molecule is O=C1CC(NCc2ccco2)C(=O)N1Cc1ccccc1. The number of nitrogens with one attached hydrogen (secondary N) is 1. The quantitative estimate of drug-likeness (QED) is 0.849. The molecule has 0 saturated carbocycles. The number of hydrogen-bond acceptors (Lipinski definition) is 4. The lowest BCUT2D eigenvalue weighted by atomic mass is 10.2.